The highest BCUT2D eigenvalue weighted by molar-refractivity contribution is 9.08. The molecule has 2 rings (SSSR count). The van der Waals surface area contributed by atoms with Gasteiger partial charge < -0.3 is 5.11 Å². The average molecular weight is 362 g/mol. The van der Waals surface area contributed by atoms with E-state index in [0.717, 1.165) is 24.8 Å². The summed E-state index contributed by atoms with van der Waals surface area (Å²) in [5, 5.41) is 9.68. The van der Waals surface area contributed by atoms with Gasteiger partial charge in [0.2, 0.25) is 10.0 Å². The Morgan fingerprint density at radius 3 is 2.35 bits per heavy atom. The molecule has 0 radical (unpaired) electrons. The quantitative estimate of drug-likeness (QED) is 0.759. The molecular formula is C14H20BrNO3S. The topological polar surface area (TPSA) is 57.6 Å². The number of halogens is 1. The summed E-state index contributed by atoms with van der Waals surface area (Å²) in [6.07, 6.45) is 3.40. The molecule has 1 aromatic carbocycles. The fraction of sp³-hybridized carbons (Fsp3) is 0.571. The van der Waals surface area contributed by atoms with Gasteiger partial charge in [0.15, 0.2) is 0 Å². The molecule has 1 fully saturated rings. The molecule has 1 aliphatic carbocycles. The second kappa shape index (κ2) is 7.02. The highest BCUT2D eigenvalue weighted by Crippen LogP contribution is 2.30. The number of aliphatic hydroxyl groups is 1. The monoisotopic (exact) mass is 361 g/mol. The Kier molecular flexibility index (Phi) is 5.60. The van der Waals surface area contributed by atoms with Crippen molar-refractivity contribution in [3.8, 4) is 0 Å². The minimum atomic E-state index is -3.45. The second-order valence-corrected chi connectivity index (χ2v) is 7.51. The molecule has 0 spiro atoms. The first-order valence-corrected chi connectivity index (χ1v) is 9.43. The Bertz CT molecular complexity index is 526. The smallest absolute Gasteiger partial charge is 0.243 e. The van der Waals surface area contributed by atoms with Crippen LogP contribution in [-0.4, -0.2) is 37.0 Å². The second-order valence-electron chi connectivity index (χ2n) is 5.06. The highest BCUT2D eigenvalue weighted by atomic mass is 79.9. The lowest BCUT2D eigenvalue weighted by molar-refractivity contribution is 0.198. The van der Waals surface area contributed by atoms with Crippen LogP contribution in [0.3, 0.4) is 0 Å². The molecule has 1 aliphatic rings. The van der Waals surface area contributed by atoms with E-state index in [2.05, 4.69) is 15.9 Å². The molecule has 4 nitrogen and oxygen atoms in total. The average Bonchev–Trinajstić information content (AvgIpc) is 2.41. The number of benzene rings is 1. The Morgan fingerprint density at radius 1 is 1.25 bits per heavy atom. The number of nitrogens with zero attached hydrogens (tertiary/aromatic N) is 1. The summed E-state index contributed by atoms with van der Waals surface area (Å²) in [5.74, 6) is 0. The third-order valence-electron chi connectivity index (χ3n) is 3.70. The van der Waals surface area contributed by atoms with Gasteiger partial charge in [-0.3, -0.25) is 0 Å². The summed E-state index contributed by atoms with van der Waals surface area (Å²) in [5.41, 5.74) is 1.05. The third kappa shape index (κ3) is 3.42. The molecule has 112 valence electrons. The zero-order valence-corrected chi connectivity index (χ0v) is 13.7. The van der Waals surface area contributed by atoms with E-state index in [1.165, 1.54) is 0 Å². The van der Waals surface area contributed by atoms with Crippen molar-refractivity contribution in [2.45, 2.75) is 42.0 Å². The van der Waals surface area contributed by atoms with Gasteiger partial charge in [-0.2, -0.15) is 4.31 Å². The zero-order valence-electron chi connectivity index (χ0n) is 11.3. The van der Waals surface area contributed by atoms with Crippen molar-refractivity contribution < 1.29 is 13.5 Å². The Morgan fingerprint density at radius 2 is 1.90 bits per heavy atom. The van der Waals surface area contributed by atoms with Crippen molar-refractivity contribution in [2.24, 2.45) is 0 Å². The SMILES string of the molecule is O=S(=O)(c1ccc(CBr)cc1)N(CCCO)C1CCC1. The zero-order chi connectivity index (χ0) is 14.6. The summed E-state index contributed by atoms with van der Waals surface area (Å²) < 4.78 is 27.0. The van der Waals surface area contributed by atoms with Crippen LogP contribution in [0.5, 0.6) is 0 Å². The summed E-state index contributed by atoms with van der Waals surface area (Å²) in [6.45, 7) is 0.408. The Labute approximate surface area is 129 Å². The van der Waals surface area contributed by atoms with Gasteiger partial charge >= 0.3 is 0 Å². The molecular weight excluding hydrogens is 342 g/mol. The van der Waals surface area contributed by atoms with Crippen LogP contribution in [0.15, 0.2) is 29.2 Å². The molecule has 1 N–H and O–H groups in total. The lowest BCUT2D eigenvalue weighted by Crippen LogP contribution is -2.44. The van der Waals surface area contributed by atoms with Crippen molar-refractivity contribution in [3.05, 3.63) is 29.8 Å². The summed E-state index contributed by atoms with van der Waals surface area (Å²) in [4.78, 5) is 0.340. The molecule has 0 unspecified atom stereocenters. The van der Waals surface area contributed by atoms with Crippen molar-refractivity contribution in [1.29, 1.82) is 0 Å². The molecule has 0 heterocycles. The van der Waals surface area contributed by atoms with E-state index in [0.29, 0.717) is 23.2 Å². The van der Waals surface area contributed by atoms with Gasteiger partial charge in [0.05, 0.1) is 4.90 Å². The van der Waals surface area contributed by atoms with Crippen LogP contribution in [-0.2, 0) is 15.4 Å². The first kappa shape index (κ1) is 15.9. The Hall–Kier alpha value is -0.430. The van der Waals surface area contributed by atoms with Gasteiger partial charge in [0.1, 0.15) is 0 Å². The van der Waals surface area contributed by atoms with Gasteiger partial charge in [-0.15, -0.1) is 0 Å². The van der Waals surface area contributed by atoms with Gasteiger partial charge in [0, 0.05) is 24.5 Å². The van der Waals surface area contributed by atoms with Crippen LogP contribution >= 0.6 is 15.9 Å². The number of sulfonamides is 1. The molecule has 0 aliphatic heterocycles. The Balaban J connectivity index is 2.23. The maximum atomic E-state index is 12.7. The summed E-state index contributed by atoms with van der Waals surface area (Å²) >= 11 is 3.35. The maximum Gasteiger partial charge on any atom is 0.243 e. The van der Waals surface area contributed by atoms with Gasteiger partial charge in [-0.25, -0.2) is 8.42 Å². The summed E-state index contributed by atoms with van der Waals surface area (Å²) in [6, 6.07) is 7.08. The fourth-order valence-electron chi connectivity index (χ4n) is 2.29. The minimum Gasteiger partial charge on any atom is -0.396 e. The molecule has 0 atom stereocenters. The lowest BCUT2D eigenvalue weighted by atomic mass is 9.93. The highest BCUT2D eigenvalue weighted by Gasteiger charge is 2.34. The standard InChI is InChI=1S/C14H20BrNO3S/c15-11-12-5-7-14(8-6-12)20(18,19)16(9-2-10-17)13-3-1-4-13/h5-8,13,17H,1-4,9-11H2. The molecule has 0 amide bonds. The van der Waals surface area contributed by atoms with Crippen molar-refractivity contribution in [1.82, 2.24) is 4.31 Å². The van der Waals surface area contributed by atoms with E-state index >= 15 is 0 Å². The van der Waals surface area contributed by atoms with E-state index in [9.17, 15) is 8.42 Å². The van der Waals surface area contributed by atoms with E-state index in [-0.39, 0.29) is 12.6 Å². The number of hydrogen-bond donors (Lipinski definition) is 1. The molecule has 0 saturated heterocycles. The molecule has 20 heavy (non-hydrogen) atoms. The van der Waals surface area contributed by atoms with Gasteiger partial charge in [-0.1, -0.05) is 34.5 Å². The first-order valence-electron chi connectivity index (χ1n) is 6.87. The van der Waals surface area contributed by atoms with E-state index in [1.807, 2.05) is 12.1 Å². The van der Waals surface area contributed by atoms with Crippen LogP contribution in [0.1, 0.15) is 31.2 Å². The van der Waals surface area contributed by atoms with Crippen molar-refractivity contribution >= 4 is 26.0 Å². The number of rotatable bonds is 7. The molecule has 0 bridgehead atoms. The van der Waals surface area contributed by atoms with Crippen LogP contribution in [0, 0.1) is 0 Å². The summed E-state index contributed by atoms with van der Waals surface area (Å²) in [7, 11) is -3.45. The first-order chi connectivity index (χ1) is 9.59. The number of alkyl halides is 1. The predicted molar refractivity (Wildman–Crippen MR) is 82.3 cm³/mol. The van der Waals surface area contributed by atoms with Gasteiger partial charge in [0.25, 0.3) is 0 Å². The third-order valence-corrected chi connectivity index (χ3v) is 6.32. The predicted octanol–water partition coefficient (Wildman–Crippen LogP) is 2.51. The molecule has 0 aromatic heterocycles. The minimum absolute atomic E-state index is 0.0151. The number of aliphatic hydroxyl groups excluding tert-OH is 1. The largest absolute Gasteiger partial charge is 0.396 e. The normalized spacial score (nSPS) is 16.4. The molecule has 1 saturated carbocycles. The van der Waals surface area contributed by atoms with Crippen LogP contribution in [0.25, 0.3) is 0 Å². The number of hydrogen-bond acceptors (Lipinski definition) is 3. The van der Waals surface area contributed by atoms with Crippen LogP contribution < -0.4 is 0 Å². The van der Waals surface area contributed by atoms with Gasteiger partial charge in [-0.05, 0) is 37.0 Å². The maximum absolute atomic E-state index is 12.7. The fourth-order valence-corrected chi connectivity index (χ4v) is 4.38. The van der Waals surface area contributed by atoms with E-state index in [4.69, 9.17) is 5.11 Å². The van der Waals surface area contributed by atoms with Crippen LogP contribution in [0.2, 0.25) is 0 Å². The van der Waals surface area contributed by atoms with Crippen molar-refractivity contribution in [2.75, 3.05) is 13.2 Å². The molecule has 6 heteroatoms. The van der Waals surface area contributed by atoms with Crippen LogP contribution in [0.4, 0.5) is 0 Å². The van der Waals surface area contributed by atoms with E-state index in [1.54, 1.807) is 16.4 Å². The van der Waals surface area contributed by atoms with E-state index < -0.39 is 10.0 Å². The van der Waals surface area contributed by atoms with Crippen molar-refractivity contribution in [3.63, 3.8) is 0 Å². The lowest BCUT2D eigenvalue weighted by Gasteiger charge is -2.36. The molecule has 1 aromatic rings.